The van der Waals surface area contributed by atoms with Crippen LogP contribution >= 0.6 is 0 Å². The zero-order valence-electron chi connectivity index (χ0n) is 9.64. The first-order valence-electron chi connectivity index (χ1n) is 5.38. The van der Waals surface area contributed by atoms with Gasteiger partial charge in [-0.3, -0.25) is 0 Å². The summed E-state index contributed by atoms with van der Waals surface area (Å²) in [6.07, 6.45) is 0.0949. The van der Waals surface area contributed by atoms with E-state index < -0.39 is 42.4 Å². The molecule has 2 rings (SSSR count). The van der Waals surface area contributed by atoms with Gasteiger partial charge in [-0.25, -0.2) is 30.3 Å². The van der Waals surface area contributed by atoms with Crippen LogP contribution in [0.3, 0.4) is 0 Å². The molecule has 1 aliphatic heterocycles. The SMILES string of the molecule is O=S1(=O)CCC(NS(=O)(=O)c2c(F)cccc2F)C1. The topological polar surface area (TPSA) is 80.3 Å². The number of benzene rings is 1. The molecule has 0 bridgehead atoms. The lowest BCUT2D eigenvalue weighted by atomic mass is 10.3. The number of hydrogen-bond donors (Lipinski definition) is 1. The van der Waals surface area contributed by atoms with Gasteiger partial charge in [-0.15, -0.1) is 0 Å². The van der Waals surface area contributed by atoms with Crippen LogP contribution in [0.1, 0.15) is 6.42 Å². The van der Waals surface area contributed by atoms with Crippen molar-refractivity contribution in [1.82, 2.24) is 4.72 Å². The number of sulfonamides is 1. The van der Waals surface area contributed by atoms with E-state index in [0.29, 0.717) is 0 Å². The van der Waals surface area contributed by atoms with Gasteiger partial charge in [0.2, 0.25) is 10.0 Å². The lowest BCUT2D eigenvalue weighted by Gasteiger charge is -2.12. The van der Waals surface area contributed by atoms with Gasteiger partial charge in [0.15, 0.2) is 14.7 Å². The van der Waals surface area contributed by atoms with Crippen molar-refractivity contribution in [3.63, 3.8) is 0 Å². The summed E-state index contributed by atoms with van der Waals surface area (Å²) in [5, 5.41) is 0. The summed E-state index contributed by atoms with van der Waals surface area (Å²) in [7, 11) is -7.70. The molecule has 0 spiro atoms. The summed E-state index contributed by atoms with van der Waals surface area (Å²) in [6, 6.07) is 1.84. The van der Waals surface area contributed by atoms with Crippen LogP contribution in [0.15, 0.2) is 23.1 Å². The quantitative estimate of drug-likeness (QED) is 0.878. The number of halogens is 2. The predicted octanol–water partition coefficient (Wildman–Crippen LogP) is 0.430. The third-order valence-corrected chi connectivity index (χ3v) is 6.08. The molecule has 106 valence electrons. The molecule has 9 heteroatoms. The molecule has 1 atom stereocenters. The van der Waals surface area contributed by atoms with Crippen LogP contribution in [0.25, 0.3) is 0 Å². The second-order valence-electron chi connectivity index (χ2n) is 4.27. The van der Waals surface area contributed by atoms with Crippen LogP contribution in [-0.4, -0.2) is 34.4 Å². The Hall–Kier alpha value is -1.06. The van der Waals surface area contributed by atoms with Crippen molar-refractivity contribution >= 4 is 19.9 Å². The van der Waals surface area contributed by atoms with E-state index >= 15 is 0 Å². The Labute approximate surface area is 109 Å². The maximum Gasteiger partial charge on any atom is 0.246 e. The minimum Gasteiger partial charge on any atom is -0.229 e. The second kappa shape index (κ2) is 4.80. The largest absolute Gasteiger partial charge is 0.246 e. The molecule has 0 radical (unpaired) electrons. The first-order valence-corrected chi connectivity index (χ1v) is 8.68. The van der Waals surface area contributed by atoms with Crippen molar-refractivity contribution in [2.75, 3.05) is 11.5 Å². The molecule has 0 aromatic heterocycles. The van der Waals surface area contributed by atoms with Crippen molar-refractivity contribution in [3.8, 4) is 0 Å². The summed E-state index contributed by atoms with van der Waals surface area (Å²) in [5.41, 5.74) is 0. The Bertz CT molecular complexity index is 680. The third-order valence-electron chi connectivity index (χ3n) is 2.74. The zero-order chi connectivity index (χ0) is 14.3. The fraction of sp³-hybridized carbons (Fsp3) is 0.400. The molecule has 1 aromatic rings. The fourth-order valence-electron chi connectivity index (χ4n) is 1.91. The molecule has 1 unspecified atom stereocenters. The van der Waals surface area contributed by atoms with E-state index in [9.17, 15) is 25.6 Å². The maximum absolute atomic E-state index is 13.4. The van der Waals surface area contributed by atoms with Crippen LogP contribution in [0.2, 0.25) is 0 Å². The highest BCUT2D eigenvalue weighted by Gasteiger charge is 2.33. The van der Waals surface area contributed by atoms with E-state index in [1.165, 1.54) is 0 Å². The van der Waals surface area contributed by atoms with E-state index in [2.05, 4.69) is 0 Å². The average molecular weight is 311 g/mol. The van der Waals surface area contributed by atoms with Crippen LogP contribution in [0.5, 0.6) is 0 Å². The fourth-order valence-corrected chi connectivity index (χ4v) is 5.09. The van der Waals surface area contributed by atoms with E-state index in [4.69, 9.17) is 0 Å². The highest BCUT2D eigenvalue weighted by atomic mass is 32.2. The van der Waals surface area contributed by atoms with Gasteiger partial charge in [0, 0.05) is 6.04 Å². The molecule has 0 aliphatic carbocycles. The summed E-state index contributed by atoms with van der Waals surface area (Å²) in [5.74, 6) is -2.93. The van der Waals surface area contributed by atoms with Crippen molar-refractivity contribution in [2.24, 2.45) is 0 Å². The van der Waals surface area contributed by atoms with Gasteiger partial charge in [-0.1, -0.05) is 6.07 Å². The number of hydrogen-bond acceptors (Lipinski definition) is 4. The highest BCUT2D eigenvalue weighted by Crippen LogP contribution is 2.20. The summed E-state index contributed by atoms with van der Waals surface area (Å²) < 4.78 is 74.9. The van der Waals surface area contributed by atoms with Crippen molar-refractivity contribution in [3.05, 3.63) is 29.8 Å². The van der Waals surface area contributed by atoms with Gasteiger partial charge in [-0.2, -0.15) is 0 Å². The van der Waals surface area contributed by atoms with Gasteiger partial charge in [0.25, 0.3) is 0 Å². The second-order valence-corrected chi connectivity index (χ2v) is 8.15. The molecule has 0 saturated carbocycles. The monoisotopic (exact) mass is 311 g/mol. The number of nitrogens with one attached hydrogen (secondary N) is 1. The van der Waals surface area contributed by atoms with Crippen molar-refractivity contribution in [2.45, 2.75) is 17.4 Å². The number of sulfone groups is 1. The highest BCUT2D eigenvalue weighted by molar-refractivity contribution is 7.92. The van der Waals surface area contributed by atoms with Crippen LogP contribution in [0, 0.1) is 11.6 Å². The minimum atomic E-state index is -4.42. The zero-order valence-corrected chi connectivity index (χ0v) is 11.3. The van der Waals surface area contributed by atoms with Crippen LogP contribution in [-0.2, 0) is 19.9 Å². The molecule has 1 aliphatic rings. The van der Waals surface area contributed by atoms with Crippen LogP contribution < -0.4 is 4.72 Å². The molecule has 5 nitrogen and oxygen atoms in total. The molecule has 19 heavy (non-hydrogen) atoms. The molecule has 0 amide bonds. The Morgan fingerprint density at radius 2 is 1.79 bits per heavy atom. The van der Waals surface area contributed by atoms with E-state index in [-0.39, 0.29) is 17.9 Å². The van der Waals surface area contributed by atoms with Gasteiger partial charge in [-0.05, 0) is 18.6 Å². The standard InChI is InChI=1S/C10H11F2NO4S2/c11-8-2-1-3-9(12)10(8)19(16,17)13-7-4-5-18(14,15)6-7/h1-3,7,13H,4-6H2. The first-order chi connectivity index (χ1) is 8.71. The summed E-state index contributed by atoms with van der Waals surface area (Å²) in [6.45, 7) is 0. The molecule has 1 aromatic carbocycles. The lowest BCUT2D eigenvalue weighted by Crippen LogP contribution is -2.36. The molecule has 1 N–H and O–H groups in total. The van der Waals surface area contributed by atoms with E-state index in [1.54, 1.807) is 0 Å². The summed E-state index contributed by atoms with van der Waals surface area (Å²) in [4.78, 5) is -1.08. The van der Waals surface area contributed by atoms with Gasteiger partial charge in [0.1, 0.15) is 11.6 Å². The Morgan fingerprint density at radius 1 is 1.21 bits per heavy atom. The van der Waals surface area contributed by atoms with Crippen LogP contribution in [0.4, 0.5) is 8.78 Å². The average Bonchev–Trinajstić information content (AvgIpc) is 2.56. The first kappa shape index (κ1) is 14.4. The molecule has 1 saturated heterocycles. The van der Waals surface area contributed by atoms with E-state index in [1.807, 2.05) is 4.72 Å². The molecular formula is C10H11F2NO4S2. The summed E-state index contributed by atoms with van der Waals surface area (Å²) >= 11 is 0. The Balaban J connectivity index is 2.29. The third kappa shape index (κ3) is 3.10. The Kier molecular flexibility index (Phi) is 3.63. The molecule has 1 heterocycles. The number of rotatable bonds is 3. The molecular weight excluding hydrogens is 300 g/mol. The van der Waals surface area contributed by atoms with Gasteiger partial charge >= 0.3 is 0 Å². The molecule has 1 fully saturated rings. The van der Waals surface area contributed by atoms with E-state index in [0.717, 1.165) is 18.2 Å². The maximum atomic E-state index is 13.4. The normalized spacial score (nSPS) is 22.5. The predicted molar refractivity (Wildman–Crippen MR) is 63.7 cm³/mol. The minimum absolute atomic E-state index is 0.0949. The van der Waals surface area contributed by atoms with Crippen molar-refractivity contribution < 1.29 is 25.6 Å². The van der Waals surface area contributed by atoms with Gasteiger partial charge < -0.3 is 0 Å². The lowest BCUT2D eigenvalue weighted by molar-refractivity contribution is 0.508. The Morgan fingerprint density at radius 3 is 2.26 bits per heavy atom. The van der Waals surface area contributed by atoms with Crippen molar-refractivity contribution in [1.29, 1.82) is 0 Å². The van der Waals surface area contributed by atoms with Gasteiger partial charge in [0.05, 0.1) is 11.5 Å². The smallest absolute Gasteiger partial charge is 0.229 e.